The minimum atomic E-state index is -0.0737. The van der Waals surface area contributed by atoms with Crippen LogP contribution in [0.25, 0.3) is 10.7 Å². The highest BCUT2D eigenvalue weighted by molar-refractivity contribution is 7.99. The second-order valence-corrected chi connectivity index (χ2v) is 7.61. The van der Waals surface area contributed by atoms with Gasteiger partial charge in [-0.15, -0.1) is 21.5 Å². The van der Waals surface area contributed by atoms with Crippen LogP contribution in [-0.4, -0.2) is 39.6 Å². The molecule has 0 aliphatic heterocycles. The maximum Gasteiger partial charge on any atom is 0.230 e. The number of nitrogens with zero attached hydrogens (tertiary/aromatic N) is 3. The highest BCUT2D eigenvalue weighted by Gasteiger charge is 2.13. The molecule has 0 aliphatic rings. The molecule has 136 valence electrons. The zero-order chi connectivity index (χ0) is 18.4. The number of ether oxygens (including phenoxy) is 1. The maximum absolute atomic E-state index is 12.0. The molecule has 6 nitrogen and oxygen atoms in total. The molecule has 2 aromatic heterocycles. The summed E-state index contributed by atoms with van der Waals surface area (Å²) in [5.41, 5.74) is 0. The van der Waals surface area contributed by atoms with Crippen molar-refractivity contribution in [3.8, 4) is 16.5 Å². The molecular formula is C17H17ClN4O2S2. The van der Waals surface area contributed by atoms with Crippen molar-refractivity contribution in [2.45, 2.75) is 5.16 Å². The lowest BCUT2D eigenvalue weighted by molar-refractivity contribution is -0.118. The molecule has 0 unspecified atom stereocenters. The van der Waals surface area contributed by atoms with Gasteiger partial charge in [0.05, 0.1) is 17.2 Å². The summed E-state index contributed by atoms with van der Waals surface area (Å²) >= 11 is 8.78. The van der Waals surface area contributed by atoms with Crippen LogP contribution in [0.15, 0.2) is 46.9 Å². The van der Waals surface area contributed by atoms with E-state index in [1.54, 1.807) is 35.6 Å². The minimum absolute atomic E-state index is 0.0737. The van der Waals surface area contributed by atoms with E-state index in [2.05, 4.69) is 15.5 Å². The molecule has 0 bridgehead atoms. The lowest BCUT2D eigenvalue weighted by Gasteiger charge is -2.07. The van der Waals surface area contributed by atoms with Gasteiger partial charge in [-0.05, 0) is 35.7 Å². The minimum Gasteiger partial charge on any atom is -0.492 e. The predicted octanol–water partition coefficient (Wildman–Crippen LogP) is 3.48. The SMILES string of the molecule is Cn1c(SCC(=O)NCCOc2ccc(Cl)cc2)nnc1-c1cccs1. The second-order valence-electron chi connectivity index (χ2n) is 5.28. The average molecular weight is 409 g/mol. The van der Waals surface area contributed by atoms with Gasteiger partial charge in [0.25, 0.3) is 0 Å². The van der Waals surface area contributed by atoms with Crippen LogP contribution in [0.5, 0.6) is 5.75 Å². The van der Waals surface area contributed by atoms with Crippen LogP contribution in [0, 0.1) is 0 Å². The van der Waals surface area contributed by atoms with E-state index in [9.17, 15) is 4.79 Å². The zero-order valence-electron chi connectivity index (χ0n) is 14.0. The van der Waals surface area contributed by atoms with Gasteiger partial charge in [-0.25, -0.2) is 0 Å². The first-order valence-electron chi connectivity index (χ1n) is 7.84. The van der Waals surface area contributed by atoms with Crippen molar-refractivity contribution >= 4 is 40.6 Å². The highest BCUT2D eigenvalue weighted by atomic mass is 35.5. The summed E-state index contributed by atoms with van der Waals surface area (Å²) in [5.74, 6) is 1.73. The number of aromatic nitrogens is 3. The van der Waals surface area contributed by atoms with E-state index in [1.807, 2.05) is 29.1 Å². The fourth-order valence-corrected chi connectivity index (χ4v) is 3.74. The number of carbonyl (C=O) groups is 1. The van der Waals surface area contributed by atoms with E-state index in [4.69, 9.17) is 16.3 Å². The molecule has 1 N–H and O–H groups in total. The van der Waals surface area contributed by atoms with Crippen LogP contribution < -0.4 is 10.1 Å². The maximum atomic E-state index is 12.0. The molecule has 0 saturated heterocycles. The molecule has 0 radical (unpaired) electrons. The quantitative estimate of drug-likeness (QED) is 0.456. The number of thiophene rings is 1. The summed E-state index contributed by atoms with van der Waals surface area (Å²) in [4.78, 5) is 13.0. The molecule has 9 heteroatoms. The van der Waals surface area contributed by atoms with E-state index < -0.39 is 0 Å². The summed E-state index contributed by atoms with van der Waals surface area (Å²) in [7, 11) is 1.90. The Morgan fingerprint density at radius 3 is 2.85 bits per heavy atom. The third-order valence-corrected chi connectivity index (χ3v) is 5.55. The van der Waals surface area contributed by atoms with Crippen LogP contribution in [0.3, 0.4) is 0 Å². The number of rotatable bonds is 8. The van der Waals surface area contributed by atoms with Crippen molar-refractivity contribution in [3.05, 3.63) is 46.8 Å². The Morgan fingerprint density at radius 1 is 1.31 bits per heavy atom. The largest absolute Gasteiger partial charge is 0.492 e. The molecule has 1 aromatic carbocycles. The fourth-order valence-electron chi connectivity index (χ4n) is 2.13. The van der Waals surface area contributed by atoms with Gasteiger partial charge in [-0.3, -0.25) is 4.79 Å². The lowest BCUT2D eigenvalue weighted by Crippen LogP contribution is -2.29. The van der Waals surface area contributed by atoms with Crippen LogP contribution in [0.2, 0.25) is 5.02 Å². The molecule has 0 saturated carbocycles. The van der Waals surface area contributed by atoms with Crippen molar-refractivity contribution in [2.75, 3.05) is 18.9 Å². The topological polar surface area (TPSA) is 69.0 Å². The molecule has 0 atom stereocenters. The number of amides is 1. The number of nitrogens with one attached hydrogen (secondary N) is 1. The van der Waals surface area contributed by atoms with Crippen molar-refractivity contribution in [3.63, 3.8) is 0 Å². The standard InChI is InChI=1S/C17H17ClN4O2S2/c1-22-16(14-3-2-10-25-14)20-21-17(22)26-11-15(23)19-8-9-24-13-6-4-12(18)5-7-13/h2-7,10H,8-9,11H2,1H3,(H,19,23). The summed E-state index contributed by atoms with van der Waals surface area (Å²) in [6, 6.07) is 11.1. The number of thioether (sulfide) groups is 1. The summed E-state index contributed by atoms with van der Waals surface area (Å²) < 4.78 is 7.43. The Labute approximate surface area is 164 Å². The Bertz CT molecular complexity index is 850. The molecule has 1 amide bonds. The average Bonchev–Trinajstić information content (AvgIpc) is 3.28. The fraction of sp³-hybridized carbons (Fsp3) is 0.235. The number of halogens is 1. The number of hydrogen-bond acceptors (Lipinski definition) is 6. The summed E-state index contributed by atoms with van der Waals surface area (Å²) in [6.07, 6.45) is 0. The van der Waals surface area contributed by atoms with E-state index in [-0.39, 0.29) is 11.7 Å². The molecular weight excluding hydrogens is 392 g/mol. The Kier molecular flexibility index (Phi) is 6.54. The molecule has 0 fully saturated rings. The van der Waals surface area contributed by atoms with Crippen LogP contribution in [-0.2, 0) is 11.8 Å². The second kappa shape index (κ2) is 9.07. The molecule has 26 heavy (non-hydrogen) atoms. The van der Waals surface area contributed by atoms with E-state index in [0.717, 1.165) is 16.5 Å². The molecule has 3 rings (SSSR count). The third-order valence-electron chi connectivity index (χ3n) is 3.42. The first-order valence-corrected chi connectivity index (χ1v) is 10.1. The predicted molar refractivity (Wildman–Crippen MR) is 105 cm³/mol. The van der Waals surface area contributed by atoms with Gasteiger partial charge in [-0.1, -0.05) is 29.4 Å². The summed E-state index contributed by atoms with van der Waals surface area (Å²) in [6.45, 7) is 0.825. The Morgan fingerprint density at radius 2 is 2.12 bits per heavy atom. The van der Waals surface area contributed by atoms with Crippen LogP contribution >= 0.6 is 34.7 Å². The van der Waals surface area contributed by atoms with Gasteiger partial charge in [0.15, 0.2) is 11.0 Å². The van der Waals surface area contributed by atoms with Gasteiger partial charge in [0.2, 0.25) is 5.91 Å². The van der Waals surface area contributed by atoms with Crippen molar-refractivity contribution in [1.82, 2.24) is 20.1 Å². The van der Waals surface area contributed by atoms with Crippen LogP contribution in [0.4, 0.5) is 0 Å². The van der Waals surface area contributed by atoms with Gasteiger partial charge in [0, 0.05) is 12.1 Å². The smallest absolute Gasteiger partial charge is 0.230 e. The zero-order valence-corrected chi connectivity index (χ0v) is 16.4. The highest BCUT2D eigenvalue weighted by Crippen LogP contribution is 2.25. The molecule has 0 aliphatic carbocycles. The van der Waals surface area contributed by atoms with Gasteiger partial charge in [-0.2, -0.15) is 0 Å². The molecule has 3 aromatic rings. The van der Waals surface area contributed by atoms with Crippen molar-refractivity contribution < 1.29 is 9.53 Å². The summed E-state index contributed by atoms with van der Waals surface area (Å²) in [5, 5.41) is 14.5. The molecule has 0 spiro atoms. The first kappa shape index (κ1) is 18.8. The number of hydrogen-bond donors (Lipinski definition) is 1. The van der Waals surface area contributed by atoms with E-state index in [0.29, 0.717) is 23.3 Å². The lowest BCUT2D eigenvalue weighted by atomic mass is 10.3. The van der Waals surface area contributed by atoms with Gasteiger partial charge >= 0.3 is 0 Å². The van der Waals surface area contributed by atoms with Crippen molar-refractivity contribution in [1.29, 1.82) is 0 Å². The van der Waals surface area contributed by atoms with E-state index in [1.165, 1.54) is 11.8 Å². The monoisotopic (exact) mass is 408 g/mol. The normalized spacial score (nSPS) is 10.7. The molecule has 2 heterocycles. The Balaban J connectivity index is 1.40. The Hall–Kier alpha value is -2.03. The van der Waals surface area contributed by atoms with Gasteiger partial charge in [0.1, 0.15) is 12.4 Å². The number of carbonyl (C=O) groups excluding carboxylic acids is 1. The first-order chi connectivity index (χ1) is 12.6. The third kappa shape index (κ3) is 5.00. The number of benzene rings is 1. The van der Waals surface area contributed by atoms with Gasteiger partial charge < -0.3 is 14.6 Å². The van der Waals surface area contributed by atoms with E-state index >= 15 is 0 Å². The van der Waals surface area contributed by atoms with Crippen molar-refractivity contribution in [2.24, 2.45) is 7.05 Å². The van der Waals surface area contributed by atoms with Crippen LogP contribution in [0.1, 0.15) is 0 Å².